The first-order valence-electron chi connectivity index (χ1n) is 8.46. The number of esters is 1. The molecule has 0 aliphatic carbocycles. The second-order valence-electron chi connectivity index (χ2n) is 6.32. The summed E-state index contributed by atoms with van der Waals surface area (Å²) in [5, 5.41) is 3.78. The maximum atomic E-state index is 12.6. The molecule has 0 unspecified atom stereocenters. The van der Waals surface area contributed by atoms with E-state index in [0.717, 1.165) is 16.8 Å². The zero-order chi connectivity index (χ0) is 19.6. The third-order valence-electron chi connectivity index (χ3n) is 4.32. The lowest BCUT2D eigenvalue weighted by Gasteiger charge is -2.12. The van der Waals surface area contributed by atoms with Gasteiger partial charge in [-0.25, -0.2) is 4.79 Å². The number of fused-ring (bicyclic) bond motifs is 1. The van der Waals surface area contributed by atoms with E-state index in [0.29, 0.717) is 27.2 Å². The molecule has 0 spiro atoms. The number of ether oxygens (including phenoxy) is 1. The predicted octanol–water partition coefficient (Wildman–Crippen LogP) is 4.61. The Morgan fingerprint density at radius 2 is 1.85 bits per heavy atom. The minimum atomic E-state index is -0.556. The lowest BCUT2D eigenvalue weighted by Crippen LogP contribution is -2.21. The van der Waals surface area contributed by atoms with E-state index in [2.05, 4.69) is 10.3 Å². The number of aromatic nitrogens is 1. The van der Waals surface area contributed by atoms with Gasteiger partial charge in [0.05, 0.1) is 21.8 Å². The molecule has 0 bridgehead atoms. The Balaban J connectivity index is 1.75. The molecule has 0 fully saturated rings. The summed E-state index contributed by atoms with van der Waals surface area (Å²) in [5.74, 6) is -1.01. The third kappa shape index (κ3) is 4.09. The molecule has 0 saturated carbocycles. The van der Waals surface area contributed by atoms with Crippen LogP contribution in [0.25, 0.3) is 10.9 Å². The summed E-state index contributed by atoms with van der Waals surface area (Å²) in [5.41, 5.74) is 4.09. The van der Waals surface area contributed by atoms with Crippen molar-refractivity contribution in [1.29, 1.82) is 0 Å². The van der Waals surface area contributed by atoms with Gasteiger partial charge in [0.25, 0.3) is 5.91 Å². The van der Waals surface area contributed by atoms with Crippen molar-refractivity contribution in [2.45, 2.75) is 20.8 Å². The van der Waals surface area contributed by atoms with Crippen molar-refractivity contribution in [2.24, 2.45) is 0 Å². The van der Waals surface area contributed by atoms with Crippen molar-refractivity contribution in [2.75, 3.05) is 11.9 Å². The summed E-state index contributed by atoms with van der Waals surface area (Å²) >= 11 is 6.11. The second-order valence-corrected chi connectivity index (χ2v) is 6.73. The van der Waals surface area contributed by atoms with Crippen LogP contribution < -0.4 is 5.32 Å². The number of hydrogen-bond acceptors (Lipinski definition) is 4. The number of para-hydroxylation sites is 1. The van der Waals surface area contributed by atoms with Gasteiger partial charge in [-0.05, 0) is 50.1 Å². The molecule has 0 radical (unpaired) electrons. The van der Waals surface area contributed by atoms with Crippen LogP contribution in [-0.4, -0.2) is 23.5 Å². The topological polar surface area (TPSA) is 68.3 Å². The number of rotatable bonds is 4. The number of nitrogens with one attached hydrogen (secondary N) is 1. The Bertz CT molecular complexity index is 1050. The Morgan fingerprint density at radius 3 is 2.59 bits per heavy atom. The summed E-state index contributed by atoms with van der Waals surface area (Å²) in [6.07, 6.45) is 0. The van der Waals surface area contributed by atoms with Crippen LogP contribution in [0.5, 0.6) is 0 Å². The Kier molecular flexibility index (Phi) is 5.42. The van der Waals surface area contributed by atoms with Gasteiger partial charge >= 0.3 is 5.97 Å². The van der Waals surface area contributed by atoms with Crippen molar-refractivity contribution < 1.29 is 14.3 Å². The van der Waals surface area contributed by atoms with Gasteiger partial charge in [0.15, 0.2) is 6.61 Å². The molecule has 0 saturated heterocycles. The van der Waals surface area contributed by atoms with Gasteiger partial charge in [0, 0.05) is 11.1 Å². The molecule has 27 heavy (non-hydrogen) atoms. The SMILES string of the molecule is Cc1ccc(NC(=O)COC(=O)c2c(C)c(C)nc3ccccc23)c(Cl)c1. The highest BCUT2D eigenvalue weighted by Gasteiger charge is 2.19. The Morgan fingerprint density at radius 1 is 1.11 bits per heavy atom. The van der Waals surface area contributed by atoms with Crippen molar-refractivity contribution in [3.63, 3.8) is 0 Å². The largest absolute Gasteiger partial charge is 0.452 e. The average molecular weight is 383 g/mol. The summed E-state index contributed by atoms with van der Waals surface area (Å²) in [6, 6.07) is 12.6. The monoisotopic (exact) mass is 382 g/mol. The maximum Gasteiger partial charge on any atom is 0.339 e. The van der Waals surface area contributed by atoms with Gasteiger partial charge in [-0.3, -0.25) is 9.78 Å². The summed E-state index contributed by atoms with van der Waals surface area (Å²) < 4.78 is 5.25. The predicted molar refractivity (Wildman–Crippen MR) is 106 cm³/mol. The van der Waals surface area contributed by atoms with E-state index in [1.54, 1.807) is 12.1 Å². The van der Waals surface area contributed by atoms with E-state index in [1.807, 2.05) is 51.1 Å². The highest BCUT2D eigenvalue weighted by atomic mass is 35.5. The number of anilines is 1. The number of amides is 1. The van der Waals surface area contributed by atoms with Crippen LogP contribution in [0, 0.1) is 20.8 Å². The first-order chi connectivity index (χ1) is 12.9. The molecule has 0 aliphatic heterocycles. The number of carbonyl (C=O) groups excluding carboxylic acids is 2. The standard InChI is InChI=1S/C21H19ClN2O3/c1-12-8-9-18(16(22)10-12)24-19(25)11-27-21(26)20-13(2)14(3)23-17-7-5-4-6-15(17)20/h4-10H,11H2,1-3H3,(H,24,25). The number of halogens is 1. The lowest BCUT2D eigenvalue weighted by atomic mass is 10.0. The van der Waals surface area contributed by atoms with Crippen LogP contribution in [-0.2, 0) is 9.53 Å². The van der Waals surface area contributed by atoms with E-state index in [9.17, 15) is 9.59 Å². The minimum Gasteiger partial charge on any atom is -0.452 e. The van der Waals surface area contributed by atoms with Gasteiger partial charge in [0.1, 0.15) is 0 Å². The smallest absolute Gasteiger partial charge is 0.339 e. The zero-order valence-corrected chi connectivity index (χ0v) is 16.1. The van der Waals surface area contributed by atoms with E-state index >= 15 is 0 Å². The normalized spacial score (nSPS) is 10.7. The van der Waals surface area contributed by atoms with Crippen LogP contribution in [0.3, 0.4) is 0 Å². The first-order valence-corrected chi connectivity index (χ1v) is 8.83. The highest BCUT2D eigenvalue weighted by molar-refractivity contribution is 6.33. The van der Waals surface area contributed by atoms with Gasteiger partial charge in [-0.15, -0.1) is 0 Å². The number of hydrogen-bond donors (Lipinski definition) is 1. The van der Waals surface area contributed by atoms with Crippen molar-refractivity contribution in [3.05, 3.63) is 69.9 Å². The van der Waals surface area contributed by atoms with Crippen molar-refractivity contribution in [3.8, 4) is 0 Å². The van der Waals surface area contributed by atoms with E-state index in [-0.39, 0.29) is 0 Å². The van der Waals surface area contributed by atoms with Crippen LogP contribution >= 0.6 is 11.6 Å². The zero-order valence-electron chi connectivity index (χ0n) is 15.3. The summed E-state index contributed by atoms with van der Waals surface area (Å²) in [7, 11) is 0. The van der Waals surface area contributed by atoms with Crippen LogP contribution in [0.1, 0.15) is 27.2 Å². The fourth-order valence-electron chi connectivity index (χ4n) is 2.80. The maximum absolute atomic E-state index is 12.6. The van der Waals surface area contributed by atoms with Crippen LogP contribution in [0.4, 0.5) is 5.69 Å². The number of nitrogens with zero attached hydrogens (tertiary/aromatic N) is 1. The lowest BCUT2D eigenvalue weighted by molar-refractivity contribution is -0.119. The molecule has 1 aromatic heterocycles. The minimum absolute atomic E-state index is 0.405. The van der Waals surface area contributed by atoms with E-state index in [1.165, 1.54) is 0 Å². The molecule has 1 heterocycles. The molecule has 0 aliphatic rings. The highest BCUT2D eigenvalue weighted by Crippen LogP contribution is 2.24. The van der Waals surface area contributed by atoms with Gasteiger partial charge in [-0.1, -0.05) is 35.9 Å². The first kappa shape index (κ1) is 18.9. The number of pyridine rings is 1. The fraction of sp³-hybridized carbons (Fsp3) is 0.190. The quantitative estimate of drug-likeness (QED) is 0.669. The molecule has 0 atom stereocenters. The van der Waals surface area contributed by atoms with Crippen LogP contribution in [0.2, 0.25) is 5.02 Å². The van der Waals surface area contributed by atoms with Crippen molar-refractivity contribution in [1.82, 2.24) is 4.98 Å². The Labute approximate surface area is 162 Å². The summed E-state index contributed by atoms with van der Waals surface area (Å²) in [6.45, 7) is 5.16. The van der Waals surface area contributed by atoms with E-state index < -0.39 is 18.5 Å². The van der Waals surface area contributed by atoms with Crippen LogP contribution in [0.15, 0.2) is 42.5 Å². The molecule has 5 nitrogen and oxygen atoms in total. The molecule has 138 valence electrons. The number of aryl methyl sites for hydroxylation is 2. The fourth-order valence-corrected chi connectivity index (χ4v) is 3.09. The van der Waals surface area contributed by atoms with Gasteiger partial charge in [0.2, 0.25) is 0 Å². The molecule has 3 rings (SSSR count). The second kappa shape index (κ2) is 7.76. The average Bonchev–Trinajstić information content (AvgIpc) is 2.63. The molecule has 2 aromatic carbocycles. The molecule has 1 amide bonds. The van der Waals surface area contributed by atoms with E-state index in [4.69, 9.17) is 16.3 Å². The molecule has 3 aromatic rings. The summed E-state index contributed by atoms with van der Waals surface area (Å²) in [4.78, 5) is 29.3. The molecule has 6 heteroatoms. The number of benzene rings is 2. The molecular weight excluding hydrogens is 364 g/mol. The number of carbonyl (C=O) groups is 2. The van der Waals surface area contributed by atoms with Gasteiger partial charge < -0.3 is 10.1 Å². The Hall–Kier alpha value is -2.92. The third-order valence-corrected chi connectivity index (χ3v) is 4.63. The molecular formula is C21H19ClN2O3. The van der Waals surface area contributed by atoms with Crippen molar-refractivity contribution >= 4 is 40.1 Å². The van der Waals surface area contributed by atoms with Gasteiger partial charge in [-0.2, -0.15) is 0 Å². The molecule has 1 N–H and O–H groups in total.